The van der Waals surface area contributed by atoms with Crippen LogP contribution in [0.5, 0.6) is 0 Å². The molecule has 5 nitrogen and oxygen atoms in total. The minimum atomic E-state index is 0.0901. The van der Waals surface area contributed by atoms with E-state index in [1.54, 1.807) is 6.07 Å². The minimum absolute atomic E-state index is 0.0901. The number of aryl methyl sites for hydroxylation is 1. The van der Waals surface area contributed by atoms with E-state index in [1.165, 1.54) is 11.3 Å². The van der Waals surface area contributed by atoms with Crippen LogP contribution in [0.1, 0.15) is 40.7 Å². The zero-order chi connectivity index (χ0) is 17.8. The molecule has 1 saturated heterocycles. The van der Waals surface area contributed by atoms with Gasteiger partial charge in [0.25, 0.3) is 5.91 Å². The maximum absolute atomic E-state index is 12.7. The van der Waals surface area contributed by atoms with Crippen LogP contribution in [-0.2, 0) is 6.54 Å². The van der Waals surface area contributed by atoms with E-state index in [1.807, 2.05) is 17.2 Å². The molecule has 25 heavy (non-hydrogen) atoms. The molecular formula is C18H25ClN4OS. The Morgan fingerprint density at radius 3 is 3.00 bits per heavy atom. The van der Waals surface area contributed by atoms with Gasteiger partial charge in [0.1, 0.15) is 5.82 Å². The van der Waals surface area contributed by atoms with Gasteiger partial charge in [-0.25, -0.2) is 4.98 Å². The highest BCUT2D eigenvalue weighted by Crippen LogP contribution is 2.29. The van der Waals surface area contributed by atoms with Crippen molar-refractivity contribution in [1.82, 2.24) is 19.4 Å². The molecular weight excluding hydrogens is 356 g/mol. The van der Waals surface area contributed by atoms with Crippen molar-refractivity contribution in [3.8, 4) is 0 Å². The molecule has 0 saturated carbocycles. The summed E-state index contributed by atoms with van der Waals surface area (Å²) in [6.07, 6.45) is 7.13. The van der Waals surface area contributed by atoms with Gasteiger partial charge in [-0.05, 0) is 52.0 Å². The zero-order valence-corrected chi connectivity index (χ0v) is 16.4. The average Bonchev–Trinajstić information content (AvgIpc) is 3.23. The molecule has 0 bridgehead atoms. The Kier molecular flexibility index (Phi) is 6.15. The van der Waals surface area contributed by atoms with E-state index in [-0.39, 0.29) is 5.91 Å². The predicted molar refractivity (Wildman–Crippen MR) is 103 cm³/mol. The Hall–Kier alpha value is -1.37. The lowest BCUT2D eigenvalue weighted by Gasteiger charge is -2.32. The summed E-state index contributed by atoms with van der Waals surface area (Å²) in [5.74, 6) is 1.51. The third kappa shape index (κ3) is 4.63. The fraction of sp³-hybridized carbons (Fsp3) is 0.556. The number of nitrogens with zero attached hydrogens (tertiary/aromatic N) is 4. The minimum Gasteiger partial charge on any atom is -0.337 e. The quantitative estimate of drug-likeness (QED) is 0.769. The number of imidazole rings is 1. The van der Waals surface area contributed by atoms with Crippen molar-refractivity contribution in [2.75, 3.05) is 33.7 Å². The third-order valence-electron chi connectivity index (χ3n) is 4.61. The SMILES string of the molecule is CN(C)CCCn1ccnc1[C@@H]1CCCN(C(=O)c2ccc(Cl)s2)C1. The van der Waals surface area contributed by atoms with Gasteiger partial charge in [0.2, 0.25) is 0 Å². The number of thiophene rings is 1. The lowest BCUT2D eigenvalue weighted by molar-refractivity contribution is 0.0708. The van der Waals surface area contributed by atoms with Crippen molar-refractivity contribution in [1.29, 1.82) is 0 Å². The average molecular weight is 381 g/mol. The van der Waals surface area contributed by atoms with Crippen LogP contribution < -0.4 is 0 Å². The van der Waals surface area contributed by atoms with Gasteiger partial charge in [-0.1, -0.05) is 11.6 Å². The molecule has 7 heteroatoms. The smallest absolute Gasteiger partial charge is 0.263 e. The number of carbonyl (C=O) groups is 1. The topological polar surface area (TPSA) is 41.4 Å². The summed E-state index contributed by atoms with van der Waals surface area (Å²) in [5, 5.41) is 0. The highest BCUT2D eigenvalue weighted by molar-refractivity contribution is 7.17. The van der Waals surface area contributed by atoms with E-state index in [0.29, 0.717) is 10.3 Å². The summed E-state index contributed by atoms with van der Waals surface area (Å²) in [7, 11) is 4.19. The molecule has 1 amide bonds. The highest BCUT2D eigenvalue weighted by atomic mass is 35.5. The van der Waals surface area contributed by atoms with Crippen LogP contribution in [0.3, 0.4) is 0 Å². The molecule has 3 rings (SSSR count). The van der Waals surface area contributed by atoms with Crippen LogP contribution in [0.15, 0.2) is 24.5 Å². The van der Waals surface area contributed by atoms with Gasteiger partial charge >= 0.3 is 0 Å². The molecule has 136 valence electrons. The highest BCUT2D eigenvalue weighted by Gasteiger charge is 2.28. The lowest BCUT2D eigenvalue weighted by atomic mass is 9.97. The van der Waals surface area contributed by atoms with E-state index >= 15 is 0 Å². The number of hydrogen-bond donors (Lipinski definition) is 0. The van der Waals surface area contributed by atoms with Gasteiger partial charge in [-0.3, -0.25) is 4.79 Å². The Morgan fingerprint density at radius 2 is 2.28 bits per heavy atom. The molecule has 2 aromatic heterocycles. The van der Waals surface area contributed by atoms with Gasteiger partial charge in [0.05, 0.1) is 9.21 Å². The maximum Gasteiger partial charge on any atom is 0.263 e. The fourth-order valence-corrected chi connectivity index (χ4v) is 4.40. The molecule has 1 fully saturated rings. The molecule has 1 atom stereocenters. The second-order valence-corrected chi connectivity index (χ2v) is 8.54. The number of carbonyl (C=O) groups excluding carboxylic acids is 1. The Morgan fingerprint density at radius 1 is 1.44 bits per heavy atom. The van der Waals surface area contributed by atoms with Crippen molar-refractivity contribution in [3.05, 3.63) is 39.6 Å². The summed E-state index contributed by atoms with van der Waals surface area (Å²) < 4.78 is 2.91. The van der Waals surface area contributed by atoms with E-state index < -0.39 is 0 Å². The summed E-state index contributed by atoms with van der Waals surface area (Å²) in [5.41, 5.74) is 0. The van der Waals surface area contributed by atoms with E-state index in [4.69, 9.17) is 11.6 Å². The summed E-state index contributed by atoms with van der Waals surface area (Å²) in [6.45, 7) is 3.58. The normalized spacial score (nSPS) is 18.1. The van der Waals surface area contributed by atoms with Crippen LogP contribution in [0.25, 0.3) is 0 Å². The number of likely N-dealkylation sites (tertiary alicyclic amines) is 1. The van der Waals surface area contributed by atoms with Crippen LogP contribution in [0.2, 0.25) is 4.34 Å². The lowest BCUT2D eigenvalue weighted by Crippen LogP contribution is -2.39. The molecule has 1 aliphatic heterocycles. The zero-order valence-electron chi connectivity index (χ0n) is 14.8. The molecule has 0 unspecified atom stereocenters. The van der Waals surface area contributed by atoms with Crippen LogP contribution in [0.4, 0.5) is 0 Å². The Bertz CT molecular complexity index is 712. The van der Waals surface area contributed by atoms with E-state index in [9.17, 15) is 4.79 Å². The fourth-order valence-electron chi connectivity index (χ4n) is 3.38. The van der Waals surface area contributed by atoms with Crippen molar-refractivity contribution in [3.63, 3.8) is 0 Å². The van der Waals surface area contributed by atoms with Crippen molar-refractivity contribution in [2.24, 2.45) is 0 Å². The molecule has 2 aromatic rings. The molecule has 0 N–H and O–H groups in total. The van der Waals surface area contributed by atoms with Crippen molar-refractivity contribution in [2.45, 2.75) is 31.7 Å². The number of aromatic nitrogens is 2. The standard InChI is InChI=1S/C18H25ClN4OS/c1-21(2)9-4-11-22-12-8-20-17(22)14-5-3-10-23(13-14)18(24)15-6-7-16(19)25-15/h6-8,12,14H,3-5,9-11,13H2,1-2H3/t14-/m1/s1. The van der Waals surface area contributed by atoms with Gasteiger partial charge in [-0.15, -0.1) is 11.3 Å². The van der Waals surface area contributed by atoms with Gasteiger partial charge in [0.15, 0.2) is 0 Å². The number of piperidine rings is 1. The molecule has 0 aromatic carbocycles. The first-order valence-electron chi connectivity index (χ1n) is 8.75. The van der Waals surface area contributed by atoms with Gasteiger partial charge in [0, 0.05) is 37.9 Å². The first kappa shape index (κ1) is 18.4. The first-order valence-corrected chi connectivity index (χ1v) is 9.94. The molecule has 3 heterocycles. The van der Waals surface area contributed by atoms with Gasteiger partial charge < -0.3 is 14.4 Å². The molecule has 0 radical (unpaired) electrons. The van der Waals surface area contributed by atoms with Crippen LogP contribution >= 0.6 is 22.9 Å². The number of amides is 1. The number of rotatable bonds is 6. The van der Waals surface area contributed by atoms with E-state index in [0.717, 1.165) is 56.1 Å². The number of hydrogen-bond acceptors (Lipinski definition) is 4. The van der Waals surface area contributed by atoms with E-state index in [2.05, 4.69) is 34.7 Å². The first-order chi connectivity index (χ1) is 12.0. The molecule has 1 aliphatic rings. The second-order valence-electron chi connectivity index (χ2n) is 6.83. The van der Waals surface area contributed by atoms with Crippen LogP contribution in [-0.4, -0.2) is 59.0 Å². The summed E-state index contributed by atoms with van der Waals surface area (Å²) in [6, 6.07) is 3.61. The van der Waals surface area contributed by atoms with Crippen molar-refractivity contribution < 1.29 is 4.79 Å². The molecule has 0 aliphatic carbocycles. The summed E-state index contributed by atoms with van der Waals surface area (Å²) in [4.78, 5) is 22.2. The maximum atomic E-state index is 12.7. The third-order valence-corrected chi connectivity index (χ3v) is 5.83. The van der Waals surface area contributed by atoms with Crippen molar-refractivity contribution >= 4 is 28.8 Å². The Balaban J connectivity index is 1.65. The second kappa shape index (κ2) is 8.34. The largest absolute Gasteiger partial charge is 0.337 e. The summed E-state index contributed by atoms with van der Waals surface area (Å²) >= 11 is 7.33. The van der Waals surface area contributed by atoms with Crippen LogP contribution in [0, 0.1) is 0 Å². The molecule has 0 spiro atoms. The van der Waals surface area contributed by atoms with Gasteiger partial charge in [-0.2, -0.15) is 0 Å². The number of halogens is 1. The Labute approximate surface area is 158 Å². The monoisotopic (exact) mass is 380 g/mol. The predicted octanol–water partition coefficient (Wildman–Crippen LogP) is 3.57.